The highest BCUT2D eigenvalue weighted by Gasteiger charge is 2.17. The zero-order valence-corrected chi connectivity index (χ0v) is 15.8. The lowest BCUT2D eigenvalue weighted by atomic mass is 10.2. The lowest BCUT2D eigenvalue weighted by Gasteiger charge is -2.17. The van der Waals surface area contributed by atoms with Gasteiger partial charge in [-0.15, -0.1) is 0 Å². The zero-order chi connectivity index (χ0) is 17.0. The number of amides is 2. The molecule has 0 radical (unpaired) electrons. The number of halogens is 3. The van der Waals surface area contributed by atoms with Crippen molar-refractivity contribution >= 4 is 63.3 Å². The second-order valence-corrected chi connectivity index (χ2v) is 6.79. The molecule has 0 aliphatic carbocycles. The molecule has 0 aliphatic heterocycles. The first-order valence-corrected chi connectivity index (χ1v) is 8.47. The molecule has 0 aromatic heterocycles. The van der Waals surface area contributed by atoms with Crippen LogP contribution < -0.4 is 5.32 Å². The number of anilines is 1. The van der Waals surface area contributed by atoms with Gasteiger partial charge in [0.15, 0.2) is 0 Å². The van der Waals surface area contributed by atoms with Crippen LogP contribution in [0.2, 0.25) is 10.0 Å². The van der Waals surface area contributed by atoms with Gasteiger partial charge in [-0.05, 0) is 52.9 Å². The van der Waals surface area contributed by atoms with E-state index >= 15 is 0 Å². The van der Waals surface area contributed by atoms with Gasteiger partial charge in [0.25, 0.3) is 5.91 Å². The van der Waals surface area contributed by atoms with Crippen molar-refractivity contribution in [1.29, 1.82) is 0 Å². The molecule has 0 bridgehead atoms. The van der Waals surface area contributed by atoms with Crippen LogP contribution in [0.1, 0.15) is 10.4 Å². The molecule has 2 aromatic carbocycles. The standard InChI is InChI=1S/C16H13Cl2IN2O2/c1-21(16(23)11-4-2-3-5-14(11)19)9-15(22)20-10-6-7-12(17)13(18)8-10/h2-8H,9H2,1H3,(H,20,22). The van der Waals surface area contributed by atoms with Crippen LogP contribution in [0.15, 0.2) is 42.5 Å². The van der Waals surface area contributed by atoms with Crippen molar-refractivity contribution in [2.24, 2.45) is 0 Å². The van der Waals surface area contributed by atoms with Gasteiger partial charge in [-0.1, -0.05) is 35.3 Å². The molecule has 1 N–H and O–H groups in total. The van der Waals surface area contributed by atoms with Crippen molar-refractivity contribution in [2.45, 2.75) is 0 Å². The Morgan fingerprint density at radius 1 is 1.13 bits per heavy atom. The highest BCUT2D eigenvalue weighted by Crippen LogP contribution is 2.25. The third-order valence-corrected chi connectivity index (χ3v) is 4.71. The van der Waals surface area contributed by atoms with Crippen LogP contribution in [0.4, 0.5) is 5.69 Å². The number of rotatable bonds is 4. The highest BCUT2D eigenvalue weighted by atomic mass is 127. The number of likely N-dealkylation sites (N-methyl/N-ethyl adjacent to an activating group) is 1. The van der Waals surface area contributed by atoms with Crippen LogP contribution in [0.3, 0.4) is 0 Å². The third-order valence-electron chi connectivity index (χ3n) is 3.04. The summed E-state index contributed by atoms with van der Waals surface area (Å²) < 4.78 is 0.840. The lowest BCUT2D eigenvalue weighted by molar-refractivity contribution is -0.116. The summed E-state index contributed by atoms with van der Waals surface area (Å²) in [6, 6.07) is 12.0. The molecule has 0 spiro atoms. The molecule has 2 rings (SSSR count). The quantitative estimate of drug-likeness (QED) is 0.688. The minimum absolute atomic E-state index is 0.0654. The Hall–Kier alpha value is -1.31. The van der Waals surface area contributed by atoms with Crippen molar-refractivity contribution < 1.29 is 9.59 Å². The van der Waals surface area contributed by atoms with E-state index in [9.17, 15) is 9.59 Å². The molecule has 0 heterocycles. The maximum Gasteiger partial charge on any atom is 0.255 e. The summed E-state index contributed by atoms with van der Waals surface area (Å²) in [5.41, 5.74) is 1.09. The van der Waals surface area contributed by atoms with Crippen LogP contribution in [0.5, 0.6) is 0 Å². The van der Waals surface area contributed by atoms with E-state index in [1.807, 2.05) is 12.1 Å². The number of carbonyl (C=O) groups is 2. The van der Waals surface area contributed by atoms with Crippen molar-refractivity contribution in [3.05, 3.63) is 61.6 Å². The summed E-state index contributed by atoms with van der Waals surface area (Å²) in [5, 5.41) is 3.45. The van der Waals surface area contributed by atoms with Crippen molar-refractivity contribution in [1.82, 2.24) is 4.90 Å². The van der Waals surface area contributed by atoms with Crippen molar-refractivity contribution in [3.8, 4) is 0 Å². The maximum atomic E-state index is 12.4. The van der Waals surface area contributed by atoms with E-state index in [0.29, 0.717) is 21.3 Å². The van der Waals surface area contributed by atoms with E-state index in [4.69, 9.17) is 23.2 Å². The van der Waals surface area contributed by atoms with E-state index < -0.39 is 0 Å². The summed E-state index contributed by atoms with van der Waals surface area (Å²) in [7, 11) is 1.58. The molecule has 0 saturated carbocycles. The zero-order valence-electron chi connectivity index (χ0n) is 12.1. The van der Waals surface area contributed by atoms with Crippen LogP contribution in [0, 0.1) is 3.57 Å². The second-order valence-electron chi connectivity index (χ2n) is 4.82. The van der Waals surface area contributed by atoms with Crippen molar-refractivity contribution in [3.63, 3.8) is 0 Å². The number of hydrogen-bond donors (Lipinski definition) is 1. The van der Waals surface area contributed by atoms with Gasteiger partial charge >= 0.3 is 0 Å². The van der Waals surface area contributed by atoms with E-state index in [-0.39, 0.29) is 18.4 Å². The van der Waals surface area contributed by atoms with Gasteiger partial charge in [0.2, 0.25) is 5.91 Å². The molecular weight excluding hydrogens is 450 g/mol. The van der Waals surface area contributed by atoms with E-state index in [1.165, 1.54) is 4.90 Å². The lowest BCUT2D eigenvalue weighted by Crippen LogP contribution is -2.35. The van der Waals surface area contributed by atoms with Gasteiger partial charge in [-0.2, -0.15) is 0 Å². The molecule has 0 fully saturated rings. The molecule has 2 amide bonds. The fraction of sp³-hybridized carbons (Fsp3) is 0.125. The van der Waals surface area contributed by atoms with Crippen LogP contribution in [-0.2, 0) is 4.79 Å². The average Bonchev–Trinajstić information content (AvgIpc) is 2.50. The van der Waals surface area contributed by atoms with E-state index in [1.54, 1.807) is 37.4 Å². The second kappa shape index (κ2) is 7.99. The van der Waals surface area contributed by atoms with Crippen LogP contribution >= 0.6 is 45.8 Å². The first-order valence-electron chi connectivity index (χ1n) is 6.63. The number of benzene rings is 2. The van der Waals surface area contributed by atoms with Gasteiger partial charge in [-0.3, -0.25) is 9.59 Å². The molecule has 120 valence electrons. The Morgan fingerprint density at radius 2 is 1.83 bits per heavy atom. The molecular formula is C16H13Cl2IN2O2. The molecule has 2 aromatic rings. The molecule has 0 saturated heterocycles. The van der Waals surface area contributed by atoms with Crippen molar-refractivity contribution in [2.75, 3.05) is 18.9 Å². The largest absolute Gasteiger partial charge is 0.332 e. The summed E-state index contributed by atoms with van der Waals surface area (Å²) in [5.74, 6) is -0.524. The minimum atomic E-state index is -0.315. The number of nitrogens with one attached hydrogen (secondary N) is 1. The smallest absolute Gasteiger partial charge is 0.255 e. The molecule has 23 heavy (non-hydrogen) atoms. The summed E-state index contributed by atoms with van der Waals surface area (Å²) in [4.78, 5) is 25.8. The van der Waals surface area contributed by atoms with Gasteiger partial charge in [0, 0.05) is 16.3 Å². The first-order chi connectivity index (χ1) is 10.9. The summed E-state index contributed by atoms with van der Waals surface area (Å²) in [6.45, 7) is -0.0654. The predicted molar refractivity (Wildman–Crippen MR) is 101 cm³/mol. The Balaban J connectivity index is 2.00. The molecule has 0 atom stereocenters. The molecule has 4 nitrogen and oxygen atoms in total. The van der Waals surface area contributed by atoms with Crippen LogP contribution in [0.25, 0.3) is 0 Å². The molecule has 0 aliphatic rings. The number of hydrogen-bond acceptors (Lipinski definition) is 2. The average molecular weight is 463 g/mol. The molecule has 0 unspecified atom stereocenters. The third kappa shape index (κ3) is 4.83. The Kier molecular flexibility index (Phi) is 6.26. The Bertz CT molecular complexity index is 753. The van der Waals surface area contributed by atoms with Crippen LogP contribution in [-0.4, -0.2) is 30.3 Å². The van der Waals surface area contributed by atoms with Gasteiger partial charge < -0.3 is 10.2 Å². The fourth-order valence-electron chi connectivity index (χ4n) is 1.90. The monoisotopic (exact) mass is 462 g/mol. The highest BCUT2D eigenvalue weighted by molar-refractivity contribution is 14.1. The minimum Gasteiger partial charge on any atom is -0.332 e. The summed E-state index contributed by atoms with van der Waals surface area (Å²) in [6.07, 6.45) is 0. The fourth-order valence-corrected chi connectivity index (χ4v) is 2.82. The van der Waals surface area contributed by atoms with Gasteiger partial charge in [0.05, 0.1) is 22.2 Å². The first kappa shape index (κ1) is 18.0. The molecule has 7 heteroatoms. The van der Waals surface area contributed by atoms with Gasteiger partial charge in [0.1, 0.15) is 0 Å². The SMILES string of the molecule is CN(CC(=O)Nc1ccc(Cl)c(Cl)c1)C(=O)c1ccccc1I. The maximum absolute atomic E-state index is 12.4. The Morgan fingerprint density at radius 3 is 2.48 bits per heavy atom. The normalized spacial score (nSPS) is 10.3. The van der Waals surface area contributed by atoms with E-state index in [2.05, 4.69) is 27.9 Å². The predicted octanol–water partition coefficient (Wildman–Crippen LogP) is 4.31. The summed E-state index contributed by atoms with van der Waals surface area (Å²) >= 11 is 13.8. The van der Waals surface area contributed by atoms with E-state index in [0.717, 1.165) is 3.57 Å². The number of nitrogens with zero attached hydrogens (tertiary/aromatic N) is 1. The topological polar surface area (TPSA) is 49.4 Å². The Labute approximate surface area is 157 Å². The van der Waals surface area contributed by atoms with Gasteiger partial charge in [-0.25, -0.2) is 0 Å². The number of carbonyl (C=O) groups excluding carboxylic acids is 2.